The monoisotopic (exact) mass is 247 g/mol. The zero-order chi connectivity index (χ0) is 13.1. The Morgan fingerprint density at radius 3 is 2.44 bits per heavy atom. The quantitative estimate of drug-likeness (QED) is 0.903. The zero-order valence-electron chi connectivity index (χ0n) is 10.9. The summed E-state index contributed by atoms with van der Waals surface area (Å²) in [5.41, 5.74) is 1.58. The van der Waals surface area contributed by atoms with Gasteiger partial charge in [0.2, 0.25) is 5.56 Å². The van der Waals surface area contributed by atoms with Crippen LogP contribution < -0.4 is 15.0 Å². The first kappa shape index (κ1) is 12.5. The molecular weight excluding hydrogens is 230 g/mol. The number of rotatable bonds is 4. The molecule has 4 heteroatoms. The van der Waals surface area contributed by atoms with Gasteiger partial charge in [0.1, 0.15) is 11.5 Å². The number of ether oxygens (including phenoxy) is 2. The molecule has 1 aromatic heterocycles. The van der Waals surface area contributed by atoms with Gasteiger partial charge in [-0.3, -0.25) is 4.79 Å². The number of hydrogen-bond acceptors (Lipinski definition) is 3. The van der Waals surface area contributed by atoms with E-state index < -0.39 is 0 Å². The molecule has 0 fully saturated rings. The summed E-state index contributed by atoms with van der Waals surface area (Å²) in [6.07, 6.45) is 1.81. The van der Waals surface area contributed by atoms with Gasteiger partial charge in [0.25, 0.3) is 0 Å². The highest BCUT2D eigenvalue weighted by atomic mass is 16.5. The summed E-state index contributed by atoms with van der Waals surface area (Å²) in [7, 11) is 3.22. The van der Waals surface area contributed by atoms with Crippen LogP contribution in [0.4, 0.5) is 0 Å². The van der Waals surface area contributed by atoms with Gasteiger partial charge in [-0.25, -0.2) is 0 Å². The molecule has 1 N–H and O–H groups in total. The van der Waals surface area contributed by atoms with E-state index in [2.05, 4.69) is 11.9 Å². The van der Waals surface area contributed by atoms with Crippen LogP contribution in [0.5, 0.6) is 11.5 Å². The van der Waals surface area contributed by atoms with Gasteiger partial charge < -0.3 is 14.5 Å². The Bertz CT molecular complexity index is 616. The molecule has 0 saturated carbocycles. The predicted octanol–water partition coefficient (Wildman–Crippen LogP) is 2.50. The van der Waals surface area contributed by atoms with E-state index in [0.29, 0.717) is 11.3 Å². The fourth-order valence-corrected chi connectivity index (χ4v) is 2.20. The fraction of sp³-hybridized carbons (Fsp3) is 0.357. The minimum absolute atomic E-state index is 0.113. The molecule has 0 bridgehead atoms. The van der Waals surface area contributed by atoms with Crippen LogP contribution in [0.1, 0.15) is 18.9 Å². The lowest BCUT2D eigenvalue weighted by atomic mass is 10.0. The average molecular weight is 247 g/mol. The van der Waals surface area contributed by atoms with Gasteiger partial charge in [-0.05, 0) is 24.1 Å². The van der Waals surface area contributed by atoms with Crippen LogP contribution in [0.25, 0.3) is 10.9 Å². The first-order valence-electron chi connectivity index (χ1n) is 5.98. The minimum Gasteiger partial charge on any atom is -0.496 e. The summed E-state index contributed by atoms with van der Waals surface area (Å²) < 4.78 is 10.7. The number of methoxy groups -OCH3 is 2. The third-order valence-corrected chi connectivity index (χ3v) is 2.96. The van der Waals surface area contributed by atoms with Crippen molar-refractivity contribution in [1.29, 1.82) is 0 Å². The van der Waals surface area contributed by atoms with E-state index in [-0.39, 0.29) is 5.56 Å². The van der Waals surface area contributed by atoms with Crippen molar-refractivity contribution in [3.8, 4) is 11.5 Å². The largest absolute Gasteiger partial charge is 0.496 e. The van der Waals surface area contributed by atoms with E-state index >= 15 is 0 Å². The van der Waals surface area contributed by atoms with Crippen LogP contribution in [-0.4, -0.2) is 19.2 Å². The van der Waals surface area contributed by atoms with Crippen molar-refractivity contribution in [2.24, 2.45) is 0 Å². The van der Waals surface area contributed by atoms with Crippen LogP contribution in [-0.2, 0) is 6.42 Å². The molecule has 0 aliphatic rings. The van der Waals surface area contributed by atoms with Crippen molar-refractivity contribution in [2.75, 3.05) is 14.2 Å². The van der Waals surface area contributed by atoms with E-state index in [4.69, 9.17) is 9.47 Å². The second-order valence-electron chi connectivity index (χ2n) is 4.13. The first-order valence-corrected chi connectivity index (χ1v) is 5.98. The number of nitrogens with one attached hydrogen (secondary N) is 1. The number of pyridine rings is 1. The van der Waals surface area contributed by atoms with Crippen molar-refractivity contribution in [2.45, 2.75) is 19.8 Å². The van der Waals surface area contributed by atoms with Crippen molar-refractivity contribution >= 4 is 10.9 Å². The van der Waals surface area contributed by atoms with Crippen molar-refractivity contribution in [3.63, 3.8) is 0 Å². The summed E-state index contributed by atoms with van der Waals surface area (Å²) >= 11 is 0. The predicted molar refractivity (Wildman–Crippen MR) is 71.7 cm³/mol. The molecule has 1 heterocycles. The summed E-state index contributed by atoms with van der Waals surface area (Å²) in [5, 5.41) is 0.929. The Kier molecular flexibility index (Phi) is 3.55. The molecule has 0 aliphatic carbocycles. The Morgan fingerprint density at radius 1 is 1.17 bits per heavy atom. The molecule has 96 valence electrons. The number of H-pyrrole nitrogens is 1. The van der Waals surface area contributed by atoms with Gasteiger partial charge in [-0.1, -0.05) is 13.3 Å². The van der Waals surface area contributed by atoms with Gasteiger partial charge in [0.05, 0.1) is 19.7 Å². The Labute approximate surface area is 106 Å². The summed E-state index contributed by atoms with van der Waals surface area (Å²) in [5.74, 6) is 1.41. The third-order valence-electron chi connectivity index (χ3n) is 2.96. The molecule has 18 heavy (non-hydrogen) atoms. The lowest BCUT2D eigenvalue weighted by molar-refractivity contribution is 0.409. The molecule has 4 nitrogen and oxygen atoms in total. The normalized spacial score (nSPS) is 10.6. The molecular formula is C14H17NO3. The maximum Gasteiger partial charge on any atom is 0.248 e. The van der Waals surface area contributed by atoms with Crippen LogP contribution in [0.15, 0.2) is 23.0 Å². The lowest BCUT2D eigenvalue weighted by Crippen LogP contribution is -2.08. The van der Waals surface area contributed by atoms with Crippen molar-refractivity contribution in [1.82, 2.24) is 4.98 Å². The molecule has 0 atom stereocenters. The van der Waals surface area contributed by atoms with E-state index in [1.165, 1.54) is 0 Å². The zero-order valence-corrected chi connectivity index (χ0v) is 10.9. The number of hydrogen-bond donors (Lipinski definition) is 1. The molecule has 2 aromatic rings. The maximum atomic E-state index is 11.7. The smallest absolute Gasteiger partial charge is 0.248 e. The number of fused-ring (bicyclic) bond motifs is 1. The van der Waals surface area contributed by atoms with E-state index in [0.717, 1.165) is 29.5 Å². The molecule has 0 amide bonds. The molecule has 0 aliphatic heterocycles. The lowest BCUT2D eigenvalue weighted by Gasteiger charge is -2.12. The van der Waals surface area contributed by atoms with Gasteiger partial charge in [-0.2, -0.15) is 0 Å². The maximum absolute atomic E-state index is 11.7. The molecule has 2 rings (SSSR count). The standard InChI is InChI=1S/C14H17NO3/c1-4-5-9-8-12(16)15-14-11(18-3)7-6-10(17-2)13(9)14/h6-8H,4-5H2,1-3H3,(H,15,16). The Hall–Kier alpha value is -1.97. The fourth-order valence-electron chi connectivity index (χ4n) is 2.20. The number of benzene rings is 1. The Morgan fingerprint density at radius 2 is 1.83 bits per heavy atom. The summed E-state index contributed by atoms with van der Waals surface area (Å²) in [4.78, 5) is 14.5. The van der Waals surface area contributed by atoms with Crippen LogP contribution in [0.3, 0.4) is 0 Å². The van der Waals surface area contributed by atoms with E-state index in [1.54, 1.807) is 26.4 Å². The third kappa shape index (κ3) is 2.06. The Balaban J connectivity index is 2.86. The van der Waals surface area contributed by atoms with Gasteiger partial charge in [0.15, 0.2) is 0 Å². The van der Waals surface area contributed by atoms with E-state index in [1.807, 2.05) is 6.07 Å². The summed E-state index contributed by atoms with van der Waals surface area (Å²) in [6.45, 7) is 2.08. The van der Waals surface area contributed by atoms with Crippen molar-refractivity contribution < 1.29 is 9.47 Å². The highest BCUT2D eigenvalue weighted by molar-refractivity contribution is 5.92. The molecule has 0 unspecified atom stereocenters. The topological polar surface area (TPSA) is 51.3 Å². The van der Waals surface area contributed by atoms with E-state index in [9.17, 15) is 4.79 Å². The average Bonchev–Trinajstić information content (AvgIpc) is 2.37. The SMILES string of the molecule is CCCc1cc(=O)[nH]c2c(OC)ccc(OC)c12. The highest BCUT2D eigenvalue weighted by Crippen LogP contribution is 2.33. The molecule has 0 radical (unpaired) electrons. The van der Waals surface area contributed by atoms with Gasteiger partial charge in [0, 0.05) is 11.5 Å². The van der Waals surface area contributed by atoms with Gasteiger partial charge >= 0.3 is 0 Å². The van der Waals surface area contributed by atoms with Crippen LogP contribution >= 0.6 is 0 Å². The number of aromatic nitrogens is 1. The first-order chi connectivity index (χ1) is 8.71. The minimum atomic E-state index is -0.113. The molecule has 1 aromatic carbocycles. The van der Waals surface area contributed by atoms with Crippen molar-refractivity contribution in [3.05, 3.63) is 34.1 Å². The number of aryl methyl sites for hydroxylation is 1. The molecule has 0 saturated heterocycles. The highest BCUT2D eigenvalue weighted by Gasteiger charge is 2.12. The van der Waals surface area contributed by atoms with Crippen LogP contribution in [0.2, 0.25) is 0 Å². The second-order valence-corrected chi connectivity index (χ2v) is 4.13. The molecule has 0 spiro atoms. The van der Waals surface area contributed by atoms with Gasteiger partial charge in [-0.15, -0.1) is 0 Å². The summed E-state index contributed by atoms with van der Waals surface area (Å²) in [6, 6.07) is 5.29. The second kappa shape index (κ2) is 5.12. The number of aromatic amines is 1. The van der Waals surface area contributed by atoms with Crippen LogP contribution in [0, 0.1) is 0 Å².